The topological polar surface area (TPSA) is 62.5 Å². The largest absolute Gasteiger partial charge is 0.335 e. The molecule has 0 spiro atoms. The highest BCUT2D eigenvalue weighted by Crippen LogP contribution is 2.13. The van der Waals surface area contributed by atoms with Crippen LogP contribution in [0.4, 0.5) is 0 Å². The van der Waals surface area contributed by atoms with Gasteiger partial charge in [-0.25, -0.2) is 0 Å². The zero-order chi connectivity index (χ0) is 15.2. The van der Waals surface area contributed by atoms with Crippen LogP contribution in [-0.2, 0) is 11.3 Å². The first kappa shape index (κ1) is 16.6. The maximum atomic E-state index is 12.6. The Labute approximate surface area is 121 Å². The maximum Gasteiger partial charge on any atom is 0.242 e. The minimum atomic E-state index is -0.811. The summed E-state index contributed by atoms with van der Waals surface area (Å²) in [5.74, 6) is -0.00861. The quantitative estimate of drug-likeness (QED) is 0.811. The Bertz CT molecular complexity index is 417. The van der Waals surface area contributed by atoms with Crippen molar-refractivity contribution in [1.29, 1.82) is 0 Å². The summed E-state index contributed by atoms with van der Waals surface area (Å²) < 4.78 is 0. The molecule has 0 saturated carbocycles. The molecule has 0 bridgehead atoms. The van der Waals surface area contributed by atoms with Crippen molar-refractivity contribution < 1.29 is 4.79 Å². The third kappa shape index (κ3) is 4.90. The third-order valence-electron chi connectivity index (χ3n) is 3.42. The van der Waals surface area contributed by atoms with Crippen molar-refractivity contribution in [2.24, 2.45) is 5.73 Å². The zero-order valence-electron chi connectivity index (χ0n) is 13.0. The molecule has 0 saturated heterocycles. The summed E-state index contributed by atoms with van der Waals surface area (Å²) in [5, 5.41) is 0. The number of nitrogens with zero attached hydrogens (tertiary/aromatic N) is 3. The van der Waals surface area contributed by atoms with Crippen molar-refractivity contribution in [2.75, 3.05) is 27.2 Å². The molecule has 5 heteroatoms. The van der Waals surface area contributed by atoms with Gasteiger partial charge in [-0.05, 0) is 39.1 Å². The van der Waals surface area contributed by atoms with Gasteiger partial charge in [-0.1, -0.05) is 13.0 Å². The molecule has 1 atom stereocenters. The second-order valence-electron chi connectivity index (χ2n) is 5.66. The van der Waals surface area contributed by atoms with Crippen LogP contribution >= 0.6 is 0 Å². The smallest absolute Gasteiger partial charge is 0.242 e. The molecule has 0 aliphatic rings. The molecule has 0 aromatic carbocycles. The van der Waals surface area contributed by atoms with Crippen molar-refractivity contribution in [3.63, 3.8) is 0 Å². The SMILES string of the molecule is CCC(C)(N)C(=O)N(CCN(C)C)Cc1cccnc1. The highest BCUT2D eigenvalue weighted by molar-refractivity contribution is 5.85. The number of rotatable bonds is 7. The van der Waals surface area contributed by atoms with Crippen molar-refractivity contribution in [3.05, 3.63) is 30.1 Å². The second kappa shape index (κ2) is 7.36. The van der Waals surface area contributed by atoms with E-state index >= 15 is 0 Å². The van der Waals surface area contributed by atoms with Crippen molar-refractivity contribution in [2.45, 2.75) is 32.4 Å². The Morgan fingerprint density at radius 1 is 1.40 bits per heavy atom. The van der Waals surface area contributed by atoms with Gasteiger partial charge in [0.25, 0.3) is 0 Å². The van der Waals surface area contributed by atoms with Gasteiger partial charge in [0, 0.05) is 32.0 Å². The van der Waals surface area contributed by atoms with E-state index in [0.29, 0.717) is 19.5 Å². The minimum absolute atomic E-state index is 0.00861. The van der Waals surface area contributed by atoms with Crippen molar-refractivity contribution in [1.82, 2.24) is 14.8 Å². The first-order chi connectivity index (χ1) is 9.36. The lowest BCUT2D eigenvalue weighted by molar-refractivity contribution is -0.137. The standard InChI is InChI=1S/C15H26N4O/c1-5-15(2,16)14(20)19(10-9-18(3)4)12-13-7-6-8-17-11-13/h6-8,11H,5,9-10,12,16H2,1-4H3. The summed E-state index contributed by atoms with van der Waals surface area (Å²) in [6.07, 6.45) is 4.14. The van der Waals surface area contributed by atoms with Crippen LogP contribution in [0, 0.1) is 0 Å². The number of pyridine rings is 1. The van der Waals surface area contributed by atoms with Gasteiger partial charge < -0.3 is 15.5 Å². The van der Waals surface area contributed by atoms with E-state index in [9.17, 15) is 4.79 Å². The van der Waals surface area contributed by atoms with Crippen LogP contribution in [0.25, 0.3) is 0 Å². The molecule has 2 N–H and O–H groups in total. The molecule has 5 nitrogen and oxygen atoms in total. The van der Waals surface area contributed by atoms with Gasteiger partial charge in [0.15, 0.2) is 0 Å². The zero-order valence-corrected chi connectivity index (χ0v) is 13.0. The Morgan fingerprint density at radius 2 is 2.10 bits per heavy atom. The number of hydrogen-bond acceptors (Lipinski definition) is 4. The van der Waals surface area contributed by atoms with Gasteiger partial charge in [0.05, 0.1) is 5.54 Å². The lowest BCUT2D eigenvalue weighted by atomic mass is 9.98. The first-order valence-corrected chi connectivity index (χ1v) is 6.98. The Kier molecular flexibility index (Phi) is 6.10. The third-order valence-corrected chi connectivity index (χ3v) is 3.42. The molecule has 1 rings (SSSR count). The van der Waals surface area contributed by atoms with Gasteiger partial charge in [0.2, 0.25) is 5.91 Å². The number of hydrogen-bond donors (Lipinski definition) is 1. The van der Waals surface area contributed by atoms with E-state index in [-0.39, 0.29) is 5.91 Å². The fourth-order valence-electron chi connectivity index (χ4n) is 1.80. The summed E-state index contributed by atoms with van der Waals surface area (Å²) in [4.78, 5) is 20.5. The van der Waals surface area contributed by atoms with E-state index < -0.39 is 5.54 Å². The van der Waals surface area contributed by atoms with Crippen LogP contribution in [0.1, 0.15) is 25.8 Å². The van der Waals surface area contributed by atoms with Crippen LogP contribution in [-0.4, -0.2) is 53.4 Å². The van der Waals surface area contributed by atoms with Crippen molar-refractivity contribution >= 4 is 5.91 Å². The van der Waals surface area contributed by atoms with Gasteiger partial charge >= 0.3 is 0 Å². The first-order valence-electron chi connectivity index (χ1n) is 6.98. The summed E-state index contributed by atoms with van der Waals surface area (Å²) in [6, 6.07) is 3.86. The average Bonchev–Trinajstić information content (AvgIpc) is 2.43. The van der Waals surface area contributed by atoms with E-state index in [1.54, 1.807) is 19.3 Å². The predicted octanol–water partition coefficient (Wildman–Crippen LogP) is 1.10. The fourth-order valence-corrected chi connectivity index (χ4v) is 1.80. The molecule has 1 unspecified atom stereocenters. The number of amides is 1. The van der Waals surface area contributed by atoms with Crippen LogP contribution in [0.3, 0.4) is 0 Å². The van der Waals surface area contributed by atoms with Gasteiger partial charge in [-0.2, -0.15) is 0 Å². The number of nitrogens with two attached hydrogens (primary N) is 1. The van der Waals surface area contributed by atoms with E-state index in [4.69, 9.17) is 5.73 Å². The van der Waals surface area contributed by atoms with Crippen LogP contribution < -0.4 is 5.73 Å². The van der Waals surface area contributed by atoms with Crippen LogP contribution in [0.15, 0.2) is 24.5 Å². The molecule has 0 fully saturated rings. The molecule has 0 aliphatic carbocycles. The molecule has 1 heterocycles. The molecular weight excluding hydrogens is 252 g/mol. The summed E-state index contributed by atoms with van der Waals surface area (Å²) in [5.41, 5.74) is 6.31. The summed E-state index contributed by atoms with van der Waals surface area (Å²) >= 11 is 0. The molecule has 1 aromatic rings. The van der Waals surface area contributed by atoms with E-state index in [0.717, 1.165) is 12.1 Å². The van der Waals surface area contributed by atoms with E-state index in [1.807, 2.05) is 38.1 Å². The Hall–Kier alpha value is -1.46. The number of likely N-dealkylation sites (N-methyl/N-ethyl adjacent to an activating group) is 1. The number of aromatic nitrogens is 1. The van der Waals surface area contributed by atoms with Gasteiger partial charge in [0.1, 0.15) is 0 Å². The van der Waals surface area contributed by atoms with Gasteiger partial charge in [-0.15, -0.1) is 0 Å². The predicted molar refractivity (Wildman–Crippen MR) is 81.1 cm³/mol. The molecule has 0 radical (unpaired) electrons. The lowest BCUT2D eigenvalue weighted by Gasteiger charge is -2.32. The highest BCUT2D eigenvalue weighted by atomic mass is 16.2. The Balaban J connectivity index is 2.82. The van der Waals surface area contributed by atoms with Crippen LogP contribution in [0.5, 0.6) is 0 Å². The number of carbonyl (C=O) groups excluding carboxylic acids is 1. The van der Waals surface area contributed by atoms with E-state index in [1.165, 1.54) is 0 Å². The second-order valence-corrected chi connectivity index (χ2v) is 5.66. The summed E-state index contributed by atoms with van der Waals surface area (Å²) in [6.45, 7) is 5.75. The van der Waals surface area contributed by atoms with E-state index in [2.05, 4.69) is 9.88 Å². The molecular formula is C15H26N4O. The van der Waals surface area contributed by atoms with Gasteiger partial charge in [-0.3, -0.25) is 9.78 Å². The minimum Gasteiger partial charge on any atom is -0.335 e. The lowest BCUT2D eigenvalue weighted by Crippen LogP contribution is -2.53. The highest BCUT2D eigenvalue weighted by Gasteiger charge is 2.30. The fraction of sp³-hybridized carbons (Fsp3) is 0.600. The summed E-state index contributed by atoms with van der Waals surface area (Å²) in [7, 11) is 3.99. The molecule has 1 amide bonds. The van der Waals surface area contributed by atoms with Crippen LogP contribution in [0.2, 0.25) is 0 Å². The monoisotopic (exact) mass is 278 g/mol. The maximum absolute atomic E-state index is 12.6. The molecule has 20 heavy (non-hydrogen) atoms. The number of carbonyl (C=O) groups is 1. The molecule has 112 valence electrons. The Morgan fingerprint density at radius 3 is 2.60 bits per heavy atom. The average molecular weight is 278 g/mol. The van der Waals surface area contributed by atoms with Crippen molar-refractivity contribution in [3.8, 4) is 0 Å². The molecule has 1 aromatic heterocycles. The molecule has 0 aliphatic heterocycles. The normalized spacial score (nSPS) is 14.1.